The van der Waals surface area contributed by atoms with E-state index in [1.807, 2.05) is 0 Å². The summed E-state index contributed by atoms with van der Waals surface area (Å²) in [7, 11) is 0. The summed E-state index contributed by atoms with van der Waals surface area (Å²) in [6, 6.07) is 17.4. The highest BCUT2D eigenvalue weighted by Gasteiger charge is 2.36. The van der Waals surface area contributed by atoms with Crippen molar-refractivity contribution in [1.29, 1.82) is 0 Å². The van der Waals surface area contributed by atoms with Gasteiger partial charge in [-0.1, -0.05) is 35.0 Å². The number of nitrogens with one attached hydrogen (secondary N) is 1. The molecule has 1 aromatic heterocycles. The van der Waals surface area contributed by atoms with Crippen LogP contribution in [0.2, 0.25) is 5.02 Å². The number of amides is 2. The van der Waals surface area contributed by atoms with Crippen LogP contribution in [0.5, 0.6) is 0 Å². The average molecular weight is 479 g/mol. The lowest BCUT2D eigenvalue weighted by Gasteiger charge is -2.35. The van der Waals surface area contributed by atoms with E-state index < -0.39 is 17.9 Å². The minimum Gasteiger partial charge on any atom is -0.334 e. The maximum absolute atomic E-state index is 13.9. The molecule has 2 heterocycles. The molecule has 9 heteroatoms. The molecule has 1 aliphatic rings. The first kappa shape index (κ1) is 21.8. The van der Waals surface area contributed by atoms with Crippen LogP contribution in [0.15, 0.2) is 83.0 Å². The van der Waals surface area contributed by atoms with Gasteiger partial charge < -0.3 is 9.84 Å². The van der Waals surface area contributed by atoms with Gasteiger partial charge in [0, 0.05) is 16.3 Å². The molecule has 0 radical (unpaired) electrons. The third-order valence-corrected chi connectivity index (χ3v) is 5.77. The third-order valence-electron chi connectivity index (χ3n) is 5.51. The standard InChI is InChI=1S/C25H17ClF2N4O2/c1-14-21(24-30-23(31-34-24)16-7-11-18(27)12-8-16)22(15-5-9-17(26)10-6-15)29-25(33)32(14)20-4-2-3-19(28)13-20/h2-13,22H,1H3,(H,29,33). The van der Waals surface area contributed by atoms with Crippen molar-refractivity contribution in [2.75, 3.05) is 4.90 Å². The van der Waals surface area contributed by atoms with E-state index in [2.05, 4.69) is 15.5 Å². The SMILES string of the molecule is CC1=C(c2nc(-c3ccc(F)cc3)no2)C(c2ccc(Cl)cc2)NC(=O)N1c1cccc(F)c1. The minimum atomic E-state index is -0.629. The van der Waals surface area contributed by atoms with Crippen molar-refractivity contribution < 1.29 is 18.1 Å². The quantitative estimate of drug-likeness (QED) is 0.370. The molecule has 0 fully saturated rings. The summed E-state index contributed by atoms with van der Waals surface area (Å²) in [5, 5.41) is 7.53. The van der Waals surface area contributed by atoms with Gasteiger partial charge in [-0.05, 0) is 67.1 Å². The van der Waals surface area contributed by atoms with Gasteiger partial charge in [0.05, 0.1) is 17.3 Å². The molecule has 0 bridgehead atoms. The van der Waals surface area contributed by atoms with Gasteiger partial charge in [0.2, 0.25) is 5.82 Å². The van der Waals surface area contributed by atoms with Crippen LogP contribution in [-0.2, 0) is 0 Å². The average Bonchev–Trinajstić information content (AvgIpc) is 3.29. The number of urea groups is 1. The van der Waals surface area contributed by atoms with Gasteiger partial charge in [-0.25, -0.2) is 13.6 Å². The first-order chi connectivity index (χ1) is 16.4. The van der Waals surface area contributed by atoms with Crippen molar-refractivity contribution in [3.63, 3.8) is 0 Å². The Labute approximate surface area is 198 Å². The van der Waals surface area contributed by atoms with E-state index in [1.54, 1.807) is 49.4 Å². The molecule has 34 heavy (non-hydrogen) atoms. The van der Waals surface area contributed by atoms with Crippen molar-refractivity contribution in [3.8, 4) is 11.4 Å². The second-order valence-corrected chi connectivity index (χ2v) is 8.11. The number of anilines is 1. The maximum atomic E-state index is 13.9. The number of aromatic nitrogens is 2. The molecular weight excluding hydrogens is 462 g/mol. The van der Waals surface area contributed by atoms with E-state index in [-0.39, 0.29) is 17.5 Å². The Morgan fingerprint density at radius 2 is 1.74 bits per heavy atom. The van der Waals surface area contributed by atoms with Gasteiger partial charge in [-0.2, -0.15) is 4.98 Å². The summed E-state index contributed by atoms with van der Waals surface area (Å²) in [6.07, 6.45) is 0. The van der Waals surface area contributed by atoms with Crippen molar-refractivity contribution in [2.45, 2.75) is 13.0 Å². The van der Waals surface area contributed by atoms with Gasteiger partial charge in [0.25, 0.3) is 5.89 Å². The number of halogens is 3. The fourth-order valence-corrected chi connectivity index (χ4v) is 4.03. The van der Waals surface area contributed by atoms with E-state index >= 15 is 0 Å². The first-order valence-corrected chi connectivity index (χ1v) is 10.7. The van der Waals surface area contributed by atoms with Gasteiger partial charge >= 0.3 is 6.03 Å². The topological polar surface area (TPSA) is 71.3 Å². The van der Waals surface area contributed by atoms with Crippen LogP contribution >= 0.6 is 11.6 Å². The lowest BCUT2D eigenvalue weighted by atomic mass is 9.94. The highest BCUT2D eigenvalue weighted by molar-refractivity contribution is 6.30. The number of benzene rings is 3. The van der Waals surface area contributed by atoms with Crippen LogP contribution < -0.4 is 10.2 Å². The van der Waals surface area contributed by atoms with Gasteiger partial charge in [-0.3, -0.25) is 4.90 Å². The fourth-order valence-electron chi connectivity index (χ4n) is 3.90. The van der Waals surface area contributed by atoms with E-state index in [4.69, 9.17) is 16.1 Å². The van der Waals surface area contributed by atoms with Crippen LogP contribution in [0.25, 0.3) is 17.0 Å². The predicted molar refractivity (Wildman–Crippen MR) is 124 cm³/mol. The minimum absolute atomic E-state index is 0.165. The number of hydrogen-bond donors (Lipinski definition) is 1. The van der Waals surface area contributed by atoms with Crippen molar-refractivity contribution in [1.82, 2.24) is 15.5 Å². The number of carbonyl (C=O) groups excluding carboxylic acids is 1. The van der Waals surface area contributed by atoms with Crippen molar-refractivity contribution >= 4 is 28.9 Å². The zero-order chi connectivity index (χ0) is 23.8. The number of hydrogen-bond acceptors (Lipinski definition) is 4. The zero-order valence-electron chi connectivity index (χ0n) is 17.8. The van der Waals surface area contributed by atoms with E-state index in [9.17, 15) is 13.6 Å². The van der Waals surface area contributed by atoms with Crippen LogP contribution in [0, 0.1) is 11.6 Å². The smallest absolute Gasteiger partial charge is 0.327 e. The molecule has 0 saturated carbocycles. The molecule has 1 atom stereocenters. The molecule has 4 aromatic rings. The molecule has 0 spiro atoms. The van der Waals surface area contributed by atoms with Gasteiger partial charge in [0.1, 0.15) is 11.6 Å². The molecule has 0 aliphatic carbocycles. The molecule has 1 unspecified atom stereocenters. The Bertz CT molecular complexity index is 1400. The predicted octanol–water partition coefficient (Wildman–Crippen LogP) is 6.37. The van der Waals surface area contributed by atoms with Crippen molar-refractivity contribution in [2.24, 2.45) is 0 Å². The van der Waals surface area contributed by atoms with Gasteiger partial charge in [0.15, 0.2) is 0 Å². The summed E-state index contributed by atoms with van der Waals surface area (Å²) < 4.78 is 32.9. The van der Waals surface area contributed by atoms with E-state index in [0.29, 0.717) is 27.5 Å². The fraction of sp³-hybridized carbons (Fsp3) is 0.0800. The Morgan fingerprint density at radius 3 is 2.44 bits per heavy atom. The molecule has 2 amide bonds. The first-order valence-electron chi connectivity index (χ1n) is 10.3. The molecule has 1 aliphatic heterocycles. The van der Waals surface area contributed by atoms with Crippen LogP contribution in [0.4, 0.5) is 19.3 Å². The highest BCUT2D eigenvalue weighted by Crippen LogP contribution is 2.39. The van der Waals surface area contributed by atoms with Gasteiger partial charge in [-0.15, -0.1) is 0 Å². The number of allylic oxidation sites excluding steroid dienone is 1. The summed E-state index contributed by atoms with van der Waals surface area (Å²) in [4.78, 5) is 19.0. The lowest BCUT2D eigenvalue weighted by molar-refractivity contribution is 0.244. The number of carbonyl (C=O) groups is 1. The highest BCUT2D eigenvalue weighted by atomic mass is 35.5. The number of rotatable bonds is 4. The Hall–Kier alpha value is -4.04. The molecule has 5 rings (SSSR count). The van der Waals surface area contributed by atoms with Crippen molar-refractivity contribution in [3.05, 3.63) is 107 Å². The maximum Gasteiger partial charge on any atom is 0.327 e. The summed E-state index contributed by atoms with van der Waals surface area (Å²) >= 11 is 6.05. The lowest BCUT2D eigenvalue weighted by Crippen LogP contribution is -2.46. The van der Waals surface area contributed by atoms with Crippen LogP contribution in [-0.4, -0.2) is 16.2 Å². The molecule has 3 aromatic carbocycles. The normalized spacial score (nSPS) is 16.1. The molecule has 170 valence electrons. The Kier molecular flexibility index (Phi) is 5.59. The monoisotopic (exact) mass is 478 g/mol. The van der Waals surface area contributed by atoms with E-state index in [1.165, 1.54) is 35.2 Å². The molecule has 0 saturated heterocycles. The second-order valence-electron chi connectivity index (χ2n) is 7.68. The summed E-state index contributed by atoms with van der Waals surface area (Å²) in [5.74, 6) is -0.428. The Balaban J connectivity index is 1.65. The summed E-state index contributed by atoms with van der Waals surface area (Å²) in [5.41, 5.74) is 2.68. The van der Waals surface area contributed by atoms with Crippen LogP contribution in [0.1, 0.15) is 24.4 Å². The Morgan fingerprint density at radius 1 is 1.00 bits per heavy atom. The molecular formula is C25H17ClF2N4O2. The number of nitrogens with zero attached hydrogens (tertiary/aromatic N) is 3. The van der Waals surface area contributed by atoms with Crippen LogP contribution in [0.3, 0.4) is 0 Å². The molecule has 1 N–H and O–H groups in total. The largest absolute Gasteiger partial charge is 0.334 e. The summed E-state index contributed by atoms with van der Waals surface area (Å²) in [6.45, 7) is 1.73. The van der Waals surface area contributed by atoms with E-state index in [0.717, 1.165) is 5.56 Å². The third kappa shape index (κ3) is 4.04. The molecule has 6 nitrogen and oxygen atoms in total. The second kappa shape index (κ2) is 8.72. The zero-order valence-corrected chi connectivity index (χ0v) is 18.6.